The number of aromatic nitrogens is 3. The Labute approximate surface area is 170 Å². The van der Waals surface area contributed by atoms with Crippen LogP contribution in [-0.2, 0) is 17.8 Å². The molecule has 7 nitrogen and oxygen atoms in total. The molecule has 1 amide bonds. The Morgan fingerprint density at radius 1 is 1.14 bits per heavy atom. The number of nitrogens with zero attached hydrogens (tertiary/aromatic N) is 4. The number of hydrogen-bond donors (Lipinski definition) is 1. The molecule has 2 aliphatic carbocycles. The number of carbonyl (C=O) groups is 1. The maximum Gasteiger partial charge on any atom is 0.277 e. The van der Waals surface area contributed by atoms with Crippen molar-refractivity contribution in [3.8, 4) is 0 Å². The van der Waals surface area contributed by atoms with E-state index in [-0.39, 0.29) is 17.4 Å². The lowest BCUT2D eigenvalue weighted by Crippen LogP contribution is -2.41. The third kappa shape index (κ3) is 3.19. The lowest BCUT2D eigenvalue weighted by atomic mass is 9.99. The number of aromatic amines is 1. The van der Waals surface area contributed by atoms with Crippen LogP contribution in [0.1, 0.15) is 67.9 Å². The molecule has 29 heavy (non-hydrogen) atoms. The summed E-state index contributed by atoms with van der Waals surface area (Å²) in [5.74, 6) is 1.27. The number of carbonyl (C=O) groups excluding carboxylic acids is 1. The Hall–Kier alpha value is -2.15. The quantitative estimate of drug-likeness (QED) is 0.862. The van der Waals surface area contributed by atoms with Gasteiger partial charge in [-0.1, -0.05) is 6.42 Å². The van der Waals surface area contributed by atoms with E-state index >= 15 is 0 Å². The van der Waals surface area contributed by atoms with Gasteiger partial charge in [0.05, 0.1) is 29.5 Å². The van der Waals surface area contributed by atoms with Gasteiger partial charge in [0.15, 0.2) is 5.65 Å². The fraction of sp³-hybridized carbons (Fsp3) is 0.682. The van der Waals surface area contributed by atoms with Crippen molar-refractivity contribution in [2.24, 2.45) is 11.8 Å². The molecule has 2 aliphatic heterocycles. The summed E-state index contributed by atoms with van der Waals surface area (Å²) in [4.78, 5) is 35.0. The Morgan fingerprint density at radius 3 is 2.79 bits per heavy atom. The maximum atomic E-state index is 13.2. The highest BCUT2D eigenvalue weighted by molar-refractivity contribution is 5.81. The van der Waals surface area contributed by atoms with Crippen LogP contribution in [0.5, 0.6) is 0 Å². The van der Waals surface area contributed by atoms with E-state index in [1.807, 2.05) is 4.90 Å². The molecular formula is C22H29N5O2. The first-order valence-electron chi connectivity index (χ1n) is 11.3. The van der Waals surface area contributed by atoms with E-state index in [1.54, 1.807) is 4.52 Å². The average molecular weight is 396 g/mol. The largest absolute Gasteiger partial charge is 0.337 e. The summed E-state index contributed by atoms with van der Waals surface area (Å²) in [5.41, 5.74) is 3.37. The number of nitrogens with one attached hydrogen (secondary N) is 1. The van der Waals surface area contributed by atoms with Crippen molar-refractivity contribution in [3.63, 3.8) is 0 Å². The van der Waals surface area contributed by atoms with Crippen molar-refractivity contribution in [2.45, 2.75) is 64.0 Å². The highest BCUT2D eigenvalue weighted by atomic mass is 16.2. The molecule has 2 aromatic heterocycles. The standard InChI is InChI=1S/C22H29N5O2/c28-21(15-6-7-15)26-10-8-17-16(13-26)22(29)27-20(23-17)11-18(24-27)19-3-1-2-9-25(19)12-14-4-5-14/h11,14-15,19,24H,1-10,12-13H2. The van der Waals surface area contributed by atoms with Crippen LogP contribution in [0.2, 0.25) is 0 Å². The van der Waals surface area contributed by atoms with Gasteiger partial charge >= 0.3 is 0 Å². The van der Waals surface area contributed by atoms with E-state index in [4.69, 9.17) is 4.98 Å². The summed E-state index contributed by atoms with van der Waals surface area (Å²) in [6.07, 6.45) is 9.03. The number of fused-ring (bicyclic) bond motifs is 2. The molecule has 7 heteroatoms. The summed E-state index contributed by atoms with van der Waals surface area (Å²) in [5, 5.41) is 3.38. The maximum absolute atomic E-state index is 13.2. The van der Waals surface area contributed by atoms with E-state index in [9.17, 15) is 9.59 Å². The molecular weight excluding hydrogens is 366 g/mol. The van der Waals surface area contributed by atoms with Crippen LogP contribution in [0.25, 0.3) is 5.65 Å². The lowest BCUT2D eigenvalue weighted by molar-refractivity contribution is -0.133. The normalized spacial score (nSPS) is 25.4. The Kier molecular flexibility index (Phi) is 4.08. The summed E-state index contributed by atoms with van der Waals surface area (Å²) >= 11 is 0. The highest BCUT2D eigenvalue weighted by Crippen LogP contribution is 2.37. The number of amides is 1. The molecule has 1 saturated heterocycles. The second kappa shape index (κ2) is 6.69. The molecule has 6 rings (SSSR count). The van der Waals surface area contributed by atoms with Gasteiger partial charge in [0.25, 0.3) is 5.56 Å². The van der Waals surface area contributed by atoms with Gasteiger partial charge in [-0.05, 0) is 51.0 Å². The van der Waals surface area contributed by atoms with E-state index in [1.165, 1.54) is 32.2 Å². The fourth-order valence-electron chi connectivity index (χ4n) is 5.14. The average Bonchev–Trinajstić information content (AvgIpc) is 3.66. The van der Waals surface area contributed by atoms with Gasteiger partial charge in [0.1, 0.15) is 0 Å². The first-order chi connectivity index (χ1) is 14.2. The highest BCUT2D eigenvalue weighted by Gasteiger charge is 2.36. The second-order valence-electron chi connectivity index (χ2n) is 9.48. The summed E-state index contributed by atoms with van der Waals surface area (Å²) in [6.45, 7) is 3.41. The van der Waals surface area contributed by atoms with Gasteiger partial charge in [-0.2, -0.15) is 0 Å². The third-order valence-corrected chi connectivity index (χ3v) is 7.18. The van der Waals surface area contributed by atoms with E-state index < -0.39 is 0 Å². The molecule has 1 N–H and O–H groups in total. The van der Waals surface area contributed by atoms with Gasteiger partial charge in [-0.25, -0.2) is 9.50 Å². The Balaban J connectivity index is 1.32. The van der Waals surface area contributed by atoms with E-state index in [0.717, 1.165) is 48.8 Å². The summed E-state index contributed by atoms with van der Waals surface area (Å²) in [6, 6.07) is 2.44. The third-order valence-electron chi connectivity index (χ3n) is 7.18. The van der Waals surface area contributed by atoms with Gasteiger partial charge < -0.3 is 4.90 Å². The topological polar surface area (TPSA) is 73.7 Å². The molecule has 4 heterocycles. The van der Waals surface area contributed by atoms with Gasteiger partial charge in [-0.15, -0.1) is 0 Å². The predicted molar refractivity (Wildman–Crippen MR) is 109 cm³/mol. The fourth-order valence-corrected chi connectivity index (χ4v) is 5.14. The van der Waals surface area contributed by atoms with Crippen LogP contribution < -0.4 is 5.56 Å². The lowest BCUT2D eigenvalue weighted by Gasteiger charge is -2.35. The number of hydrogen-bond acceptors (Lipinski definition) is 4. The molecule has 0 spiro atoms. The number of piperidine rings is 1. The molecule has 1 atom stereocenters. The Bertz CT molecular complexity index is 1020. The van der Waals surface area contributed by atoms with Crippen molar-refractivity contribution in [2.75, 3.05) is 19.6 Å². The first kappa shape index (κ1) is 17.7. The number of likely N-dealkylation sites (tertiary alicyclic amines) is 1. The summed E-state index contributed by atoms with van der Waals surface area (Å²) in [7, 11) is 0. The van der Waals surface area contributed by atoms with Crippen molar-refractivity contribution in [3.05, 3.63) is 33.4 Å². The SMILES string of the molecule is O=C(C1CC1)N1CCc2nc3cc(C4CCCCN4CC4CC4)[nH]n3c(=O)c2C1. The number of H-pyrrole nitrogens is 1. The van der Waals surface area contributed by atoms with Crippen LogP contribution in [0, 0.1) is 11.8 Å². The van der Waals surface area contributed by atoms with Crippen LogP contribution >= 0.6 is 0 Å². The van der Waals surface area contributed by atoms with Crippen molar-refractivity contribution >= 4 is 11.6 Å². The van der Waals surface area contributed by atoms with Gasteiger partial charge in [0, 0.05) is 31.5 Å². The predicted octanol–water partition coefficient (Wildman–Crippen LogP) is 2.25. The van der Waals surface area contributed by atoms with Gasteiger partial charge in [0.2, 0.25) is 5.91 Å². The minimum absolute atomic E-state index is 0.0332. The van der Waals surface area contributed by atoms with Crippen LogP contribution in [0.15, 0.2) is 10.9 Å². The zero-order valence-corrected chi connectivity index (χ0v) is 16.9. The molecule has 0 bridgehead atoms. The molecule has 4 aliphatic rings. The van der Waals surface area contributed by atoms with E-state index in [2.05, 4.69) is 16.1 Å². The second-order valence-corrected chi connectivity index (χ2v) is 9.48. The molecule has 2 saturated carbocycles. The summed E-state index contributed by atoms with van der Waals surface area (Å²) < 4.78 is 1.61. The minimum Gasteiger partial charge on any atom is -0.337 e. The molecule has 0 aromatic carbocycles. The van der Waals surface area contributed by atoms with Crippen molar-refractivity contribution in [1.29, 1.82) is 0 Å². The molecule has 3 fully saturated rings. The molecule has 154 valence electrons. The smallest absolute Gasteiger partial charge is 0.277 e. The van der Waals surface area contributed by atoms with E-state index in [0.29, 0.717) is 31.1 Å². The number of rotatable bonds is 4. The van der Waals surface area contributed by atoms with Crippen LogP contribution in [0.4, 0.5) is 0 Å². The molecule has 1 unspecified atom stereocenters. The van der Waals surface area contributed by atoms with Crippen LogP contribution in [-0.4, -0.2) is 49.9 Å². The molecule has 2 aromatic rings. The van der Waals surface area contributed by atoms with Crippen LogP contribution in [0.3, 0.4) is 0 Å². The first-order valence-corrected chi connectivity index (χ1v) is 11.3. The zero-order chi connectivity index (χ0) is 19.5. The van der Waals surface area contributed by atoms with Gasteiger partial charge in [-0.3, -0.25) is 19.6 Å². The Morgan fingerprint density at radius 2 is 2.00 bits per heavy atom. The zero-order valence-electron chi connectivity index (χ0n) is 16.9. The monoisotopic (exact) mass is 395 g/mol. The minimum atomic E-state index is -0.0332. The molecule has 0 radical (unpaired) electrons. The van der Waals surface area contributed by atoms with Crippen molar-refractivity contribution < 1.29 is 4.79 Å². The van der Waals surface area contributed by atoms with Crippen molar-refractivity contribution in [1.82, 2.24) is 24.4 Å².